The van der Waals surface area contributed by atoms with Crippen LogP contribution in [0.2, 0.25) is 0 Å². The van der Waals surface area contributed by atoms with Crippen LogP contribution >= 0.6 is 0 Å². The van der Waals surface area contributed by atoms with Gasteiger partial charge in [-0.3, -0.25) is 4.79 Å². The summed E-state index contributed by atoms with van der Waals surface area (Å²) in [6.45, 7) is 3.79. The van der Waals surface area contributed by atoms with E-state index in [1.54, 1.807) is 6.92 Å². The van der Waals surface area contributed by atoms with Gasteiger partial charge in [-0.1, -0.05) is 19.8 Å². The van der Waals surface area contributed by atoms with Crippen LogP contribution in [-0.2, 0) is 4.79 Å². The molecule has 2 atom stereocenters. The van der Waals surface area contributed by atoms with Gasteiger partial charge in [-0.2, -0.15) is 0 Å². The zero-order valence-corrected chi connectivity index (χ0v) is 7.21. The number of carboxylic acid groups (broad SMARTS) is 1. The topological polar surface area (TPSA) is 63.3 Å². The Balaban J connectivity index is 3.80. The first kappa shape index (κ1) is 10.4. The molecule has 0 bridgehead atoms. The van der Waals surface area contributed by atoms with Crippen molar-refractivity contribution < 1.29 is 9.90 Å². The third kappa shape index (κ3) is 3.98. The zero-order chi connectivity index (χ0) is 8.85. The van der Waals surface area contributed by atoms with Crippen LogP contribution in [0.5, 0.6) is 0 Å². The van der Waals surface area contributed by atoms with E-state index in [0.29, 0.717) is 6.42 Å². The zero-order valence-electron chi connectivity index (χ0n) is 7.21. The summed E-state index contributed by atoms with van der Waals surface area (Å²) >= 11 is 0. The van der Waals surface area contributed by atoms with E-state index >= 15 is 0 Å². The highest BCUT2D eigenvalue weighted by Gasteiger charge is 2.20. The van der Waals surface area contributed by atoms with Gasteiger partial charge < -0.3 is 10.8 Å². The van der Waals surface area contributed by atoms with Crippen molar-refractivity contribution in [2.45, 2.75) is 39.2 Å². The van der Waals surface area contributed by atoms with E-state index in [1.165, 1.54) is 0 Å². The van der Waals surface area contributed by atoms with Crippen LogP contribution in [0.15, 0.2) is 0 Å². The van der Waals surface area contributed by atoms with E-state index in [-0.39, 0.29) is 12.0 Å². The average Bonchev–Trinajstić information content (AvgIpc) is 1.87. The molecule has 0 radical (unpaired) electrons. The molecule has 0 heterocycles. The Morgan fingerprint density at radius 3 is 2.45 bits per heavy atom. The lowest BCUT2D eigenvalue weighted by Gasteiger charge is -2.14. The summed E-state index contributed by atoms with van der Waals surface area (Å²) < 4.78 is 0. The highest BCUT2D eigenvalue weighted by molar-refractivity contribution is 5.70. The molecule has 0 amide bonds. The molecular weight excluding hydrogens is 142 g/mol. The predicted molar refractivity (Wildman–Crippen MR) is 44.3 cm³/mol. The molecule has 0 aromatic rings. The van der Waals surface area contributed by atoms with Crippen molar-refractivity contribution in [3.8, 4) is 0 Å². The van der Waals surface area contributed by atoms with Crippen molar-refractivity contribution in [2.24, 2.45) is 11.7 Å². The van der Waals surface area contributed by atoms with Gasteiger partial charge in [0.05, 0.1) is 5.92 Å². The molecule has 11 heavy (non-hydrogen) atoms. The van der Waals surface area contributed by atoms with Gasteiger partial charge in [-0.25, -0.2) is 0 Å². The van der Waals surface area contributed by atoms with Crippen molar-refractivity contribution in [1.82, 2.24) is 0 Å². The highest BCUT2D eigenvalue weighted by atomic mass is 16.4. The van der Waals surface area contributed by atoms with Gasteiger partial charge in [-0.15, -0.1) is 0 Å². The third-order valence-corrected chi connectivity index (χ3v) is 1.82. The lowest BCUT2D eigenvalue weighted by molar-refractivity contribution is -0.142. The van der Waals surface area contributed by atoms with E-state index in [2.05, 4.69) is 0 Å². The summed E-state index contributed by atoms with van der Waals surface area (Å²) in [5, 5.41) is 8.69. The summed E-state index contributed by atoms with van der Waals surface area (Å²) in [6, 6.07) is -0.237. The van der Waals surface area contributed by atoms with Crippen LogP contribution in [0.25, 0.3) is 0 Å². The molecular formula is C8H17NO2. The van der Waals surface area contributed by atoms with E-state index in [4.69, 9.17) is 10.8 Å². The molecule has 0 rings (SSSR count). The Morgan fingerprint density at radius 2 is 2.18 bits per heavy atom. The first-order valence-corrected chi connectivity index (χ1v) is 4.08. The van der Waals surface area contributed by atoms with E-state index in [1.807, 2.05) is 6.92 Å². The van der Waals surface area contributed by atoms with Gasteiger partial charge in [0.25, 0.3) is 0 Å². The number of hydrogen-bond donors (Lipinski definition) is 2. The van der Waals surface area contributed by atoms with Crippen LogP contribution < -0.4 is 5.73 Å². The highest BCUT2D eigenvalue weighted by Crippen LogP contribution is 2.11. The van der Waals surface area contributed by atoms with E-state index in [0.717, 1.165) is 12.8 Å². The first-order valence-electron chi connectivity index (χ1n) is 4.08. The quantitative estimate of drug-likeness (QED) is 0.634. The first-order chi connectivity index (χ1) is 5.09. The Bertz CT molecular complexity index is 123. The second-order valence-electron chi connectivity index (χ2n) is 2.95. The molecule has 0 spiro atoms. The Kier molecular flexibility index (Phi) is 4.86. The van der Waals surface area contributed by atoms with Crippen molar-refractivity contribution in [3.63, 3.8) is 0 Å². The molecule has 0 aliphatic rings. The summed E-state index contributed by atoms with van der Waals surface area (Å²) in [7, 11) is 0. The van der Waals surface area contributed by atoms with Gasteiger partial charge >= 0.3 is 5.97 Å². The van der Waals surface area contributed by atoms with Crippen LogP contribution in [-0.4, -0.2) is 17.1 Å². The van der Waals surface area contributed by atoms with Crippen LogP contribution in [0.1, 0.15) is 33.1 Å². The normalized spacial score (nSPS) is 15.9. The smallest absolute Gasteiger partial charge is 0.308 e. The second kappa shape index (κ2) is 5.13. The van der Waals surface area contributed by atoms with E-state index in [9.17, 15) is 4.79 Å². The van der Waals surface area contributed by atoms with Crippen molar-refractivity contribution in [3.05, 3.63) is 0 Å². The fourth-order valence-electron chi connectivity index (χ4n) is 1.04. The fourth-order valence-corrected chi connectivity index (χ4v) is 1.04. The van der Waals surface area contributed by atoms with Crippen molar-refractivity contribution in [1.29, 1.82) is 0 Å². The third-order valence-electron chi connectivity index (χ3n) is 1.82. The summed E-state index contributed by atoms with van der Waals surface area (Å²) in [5.74, 6) is -1.14. The second-order valence-corrected chi connectivity index (χ2v) is 2.95. The molecule has 0 aromatic heterocycles. The molecule has 0 saturated heterocycles. The van der Waals surface area contributed by atoms with E-state index < -0.39 is 5.97 Å². The molecule has 0 aromatic carbocycles. The number of carbonyl (C=O) groups is 1. The fraction of sp³-hybridized carbons (Fsp3) is 0.875. The lowest BCUT2D eigenvalue weighted by Crippen LogP contribution is -2.32. The Morgan fingerprint density at radius 1 is 1.64 bits per heavy atom. The maximum atomic E-state index is 10.6. The standard InChI is InChI=1S/C8H17NO2/c1-3-4-5-7(6(2)9)8(10)11/h6-7H,3-5,9H2,1-2H3,(H,10,11). The number of hydrogen-bond acceptors (Lipinski definition) is 2. The molecule has 0 aliphatic heterocycles. The molecule has 3 N–H and O–H groups in total. The number of carboxylic acids is 1. The van der Waals surface area contributed by atoms with Crippen LogP contribution in [0.4, 0.5) is 0 Å². The molecule has 0 fully saturated rings. The monoisotopic (exact) mass is 159 g/mol. The minimum atomic E-state index is -0.770. The number of aliphatic carboxylic acids is 1. The summed E-state index contributed by atoms with van der Waals surface area (Å²) in [4.78, 5) is 10.6. The van der Waals surface area contributed by atoms with Gasteiger partial charge in [0.1, 0.15) is 0 Å². The van der Waals surface area contributed by atoms with Gasteiger partial charge in [0.15, 0.2) is 0 Å². The average molecular weight is 159 g/mol. The van der Waals surface area contributed by atoms with Crippen LogP contribution in [0, 0.1) is 5.92 Å². The van der Waals surface area contributed by atoms with Crippen molar-refractivity contribution in [2.75, 3.05) is 0 Å². The summed E-state index contributed by atoms with van der Waals surface area (Å²) in [6.07, 6.45) is 2.67. The number of nitrogens with two attached hydrogens (primary N) is 1. The Labute approximate surface area is 67.6 Å². The lowest BCUT2D eigenvalue weighted by atomic mass is 9.96. The molecule has 3 nitrogen and oxygen atoms in total. The molecule has 2 unspecified atom stereocenters. The minimum Gasteiger partial charge on any atom is -0.481 e. The predicted octanol–water partition coefficient (Wildman–Crippen LogP) is 1.22. The molecule has 66 valence electrons. The number of unbranched alkanes of at least 4 members (excludes halogenated alkanes) is 1. The largest absolute Gasteiger partial charge is 0.481 e. The maximum absolute atomic E-state index is 10.6. The summed E-state index contributed by atoms with van der Waals surface area (Å²) in [5.41, 5.74) is 5.50. The van der Waals surface area contributed by atoms with Gasteiger partial charge in [0, 0.05) is 6.04 Å². The molecule has 0 aliphatic carbocycles. The van der Waals surface area contributed by atoms with Crippen LogP contribution in [0.3, 0.4) is 0 Å². The molecule has 3 heteroatoms. The Hall–Kier alpha value is -0.570. The SMILES string of the molecule is CCCCC(C(=O)O)C(C)N. The van der Waals surface area contributed by atoms with Crippen molar-refractivity contribution >= 4 is 5.97 Å². The number of rotatable bonds is 5. The molecule has 0 saturated carbocycles. The van der Waals surface area contributed by atoms with Gasteiger partial charge in [0.2, 0.25) is 0 Å². The maximum Gasteiger partial charge on any atom is 0.308 e. The minimum absolute atomic E-state index is 0.237. The van der Waals surface area contributed by atoms with Gasteiger partial charge in [-0.05, 0) is 13.3 Å².